The van der Waals surface area contributed by atoms with E-state index in [0.717, 1.165) is 22.4 Å². The third kappa shape index (κ3) is 4.37. The van der Waals surface area contributed by atoms with Crippen LogP contribution in [-0.4, -0.2) is 34.6 Å². The lowest BCUT2D eigenvalue weighted by Gasteiger charge is -2.15. The van der Waals surface area contributed by atoms with Gasteiger partial charge in [0.1, 0.15) is 5.76 Å². The van der Waals surface area contributed by atoms with Gasteiger partial charge in [-0.2, -0.15) is 0 Å². The second-order valence-electron chi connectivity index (χ2n) is 4.79. The number of ether oxygens (including phenoxy) is 1. The van der Waals surface area contributed by atoms with Crippen molar-refractivity contribution in [1.82, 2.24) is 0 Å². The summed E-state index contributed by atoms with van der Waals surface area (Å²) in [6, 6.07) is 5.87. The first-order valence-corrected chi connectivity index (χ1v) is 7.71. The molecule has 4 nitrogen and oxygen atoms in total. The van der Waals surface area contributed by atoms with Crippen molar-refractivity contribution in [3.8, 4) is 0 Å². The summed E-state index contributed by atoms with van der Waals surface area (Å²) in [5.74, 6) is 0.195. The van der Waals surface area contributed by atoms with Gasteiger partial charge >= 0.3 is 5.97 Å². The third-order valence-electron chi connectivity index (χ3n) is 2.94. The fraction of sp³-hybridized carbons (Fsp3) is 0.312. The molecule has 0 aromatic heterocycles. The molecule has 2 N–H and O–H groups in total. The third-order valence-corrected chi connectivity index (χ3v) is 4.28. The maximum Gasteiger partial charge on any atom is 0.341 e. The second kappa shape index (κ2) is 7.33. The largest absolute Gasteiger partial charge is 0.481 e. The van der Waals surface area contributed by atoms with E-state index in [2.05, 4.69) is 0 Å². The highest BCUT2D eigenvalue weighted by atomic mass is 32.2. The van der Waals surface area contributed by atoms with Gasteiger partial charge in [0.2, 0.25) is 0 Å². The van der Waals surface area contributed by atoms with Gasteiger partial charge in [-0.1, -0.05) is 24.3 Å². The fourth-order valence-corrected chi connectivity index (χ4v) is 3.01. The molecular formula is C16H18O4S. The second-order valence-corrected chi connectivity index (χ2v) is 5.85. The van der Waals surface area contributed by atoms with Crippen LogP contribution in [0.25, 0.3) is 5.76 Å². The van der Waals surface area contributed by atoms with Crippen LogP contribution in [0.1, 0.15) is 18.1 Å². The highest BCUT2D eigenvalue weighted by Crippen LogP contribution is 2.32. The van der Waals surface area contributed by atoms with Crippen molar-refractivity contribution in [2.75, 3.05) is 12.4 Å². The number of thioether (sulfide) groups is 1. The minimum atomic E-state index is -0.995. The summed E-state index contributed by atoms with van der Waals surface area (Å²) in [4.78, 5) is 11.8. The average Bonchev–Trinajstić information content (AvgIpc) is 2.65. The summed E-state index contributed by atoms with van der Waals surface area (Å²) in [7, 11) is 0. The highest BCUT2D eigenvalue weighted by molar-refractivity contribution is 7.99. The molecule has 0 heterocycles. The number of aliphatic carboxylic acids is 1. The van der Waals surface area contributed by atoms with Crippen LogP contribution in [0, 0.1) is 0 Å². The van der Waals surface area contributed by atoms with Crippen molar-refractivity contribution in [2.24, 2.45) is 0 Å². The molecule has 21 heavy (non-hydrogen) atoms. The van der Waals surface area contributed by atoms with Crippen LogP contribution in [0.2, 0.25) is 0 Å². The Kier molecular flexibility index (Phi) is 5.47. The average molecular weight is 306 g/mol. The van der Waals surface area contributed by atoms with E-state index in [1.54, 1.807) is 24.8 Å². The Bertz CT molecular complexity index is 576. The Hall–Kier alpha value is -1.72. The fourth-order valence-electron chi connectivity index (χ4n) is 2.05. The van der Waals surface area contributed by atoms with E-state index in [0.29, 0.717) is 11.5 Å². The van der Waals surface area contributed by atoms with Crippen molar-refractivity contribution in [1.29, 1.82) is 0 Å². The Balaban J connectivity index is 2.28. The predicted octanol–water partition coefficient (Wildman–Crippen LogP) is 2.71. The van der Waals surface area contributed by atoms with Gasteiger partial charge in [0.25, 0.3) is 0 Å². The first-order valence-electron chi connectivity index (χ1n) is 6.72. The van der Waals surface area contributed by atoms with E-state index < -0.39 is 5.97 Å². The molecular weight excluding hydrogens is 288 g/mol. The molecule has 0 spiro atoms. The lowest BCUT2D eigenvalue weighted by molar-refractivity contribution is -0.139. The number of hydrogen-bond acceptors (Lipinski definition) is 4. The van der Waals surface area contributed by atoms with Gasteiger partial charge in [-0.05, 0) is 31.1 Å². The number of fused-ring (bicyclic) bond motifs is 1. The summed E-state index contributed by atoms with van der Waals surface area (Å²) in [5.41, 5.74) is 2.02. The van der Waals surface area contributed by atoms with Gasteiger partial charge in [0, 0.05) is 16.2 Å². The molecule has 1 atom stereocenters. The molecule has 0 amide bonds. The van der Waals surface area contributed by atoms with Crippen LogP contribution in [0.4, 0.5) is 0 Å². The maximum absolute atomic E-state index is 10.7. The molecule has 0 saturated carbocycles. The number of aliphatic hydroxyl groups excluding tert-OH is 1. The molecule has 2 rings (SSSR count). The molecule has 1 aliphatic carbocycles. The van der Waals surface area contributed by atoms with E-state index in [9.17, 15) is 9.90 Å². The van der Waals surface area contributed by atoms with Crippen molar-refractivity contribution in [2.45, 2.75) is 24.3 Å². The number of carboxylic acid groups (broad SMARTS) is 1. The van der Waals surface area contributed by atoms with Crippen molar-refractivity contribution < 1.29 is 19.7 Å². The SMILES string of the molecule is CC(O)CSc1cccc2c1CC=CC=C2OCC(=O)O. The van der Waals surface area contributed by atoms with Gasteiger partial charge in [-0.15, -0.1) is 11.8 Å². The van der Waals surface area contributed by atoms with Crippen LogP contribution in [0.3, 0.4) is 0 Å². The number of aliphatic hydroxyl groups is 1. The van der Waals surface area contributed by atoms with Crippen LogP contribution in [0.15, 0.2) is 41.3 Å². The van der Waals surface area contributed by atoms with E-state index >= 15 is 0 Å². The zero-order valence-corrected chi connectivity index (χ0v) is 12.6. The van der Waals surface area contributed by atoms with Crippen LogP contribution in [0.5, 0.6) is 0 Å². The van der Waals surface area contributed by atoms with Crippen molar-refractivity contribution in [3.63, 3.8) is 0 Å². The highest BCUT2D eigenvalue weighted by Gasteiger charge is 2.15. The minimum Gasteiger partial charge on any atom is -0.481 e. The Morgan fingerprint density at radius 3 is 3.00 bits per heavy atom. The van der Waals surface area contributed by atoms with Gasteiger partial charge in [-0.3, -0.25) is 0 Å². The van der Waals surface area contributed by atoms with Crippen LogP contribution in [-0.2, 0) is 16.0 Å². The monoisotopic (exact) mass is 306 g/mol. The number of rotatable bonds is 6. The molecule has 1 aromatic rings. The van der Waals surface area contributed by atoms with Crippen molar-refractivity contribution >= 4 is 23.5 Å². The Labute approximate surface area is 128 Å². The zero-order chi connectivity index (χ0) is 15.2. The first-order chi connectivity index (χ1) is 10.1. The van der Waals surface area contributed by atoms with E-state index in [1.165, 1.54) is 0 Å². The molecule has 0 fully saturated rings. The van der Waals surface area contributed by atoms with E-state index in [4.69, 9.17) is 9.84 Å². The molecule has 5 heteroatoms. The summed E-state index contributed by atoms with van der Waals surface area (Å²) in [6.07, 6.45) is 6.07. The summed E-state index contributed by atoms with van der Waals surface area (Å²) in [5, 5.41) is 18.2. The maximum atomic E-state index is 10.7. The molecule has 1 aromatic carbocycles. The molecule has 1 aliphatic rings. The Morgan fingerprint density at radius 2 is 2.29 bits per heavy atom. The van der Waals surface area contributed by atoms with Gasteiger partial charge in [0.05, 0.1) is 6.10 Å². The number of allylic oxidation sites excluding steroid dienone is 3. The lowest BCUT2D eigenvalue weighted by atomic mass is 10.0. The molecule has 112 valence electrons. The topological polar surface area (TPSA) is 66.8 Å². The number of carbonyl (C=O) groups is 1. The molecule has 0 bridgehead atoms. The van der Waals surface area contributed by atoms with Crippen molar-refractivity contribution in [3.05, 3.63) is 47.6 Å². The van der Waals surface area contributed by atoms with Gasteiger partial charge in [-0.25, -0.2) is 4.79 Å². The van der Waals surface area contributed by atoms with E-state index in [-0.39, 0.29) is 12.7 Å². The Morgan fingerprint density at radius 1 is 1.48 bits per heavy atom. The molecule has 1 unspecified atom stereocenters. The quantitative estimate of drug-likeness (QED) is 0.791. The molecule has 0 aliphatic heterocycles. The zero-order valence-electron chi connectivity index (χ0n) is 11.8. The summed E-state index contributed by atoms with van der Waals surface area (Å²) in [6.45, 7) is 1.40. The van der Waals surface area contributed by atoms with Crippen LogP contribution >= 0.6 is 11.8 Å². The van der Waals surface area contributed by atoms with Gasteiger partial charge in [0.15, 0.2) is 6.61 Å². The predicted molar refractivity (Wildman–Crippen MR) is 83.3 cm³/mol. The molecule has 0 saturated heterocycles. The summed E-state index contributed by atoms with van der Waals surface area (Å²) >= 11 is 1.60. The normalized spacial score (nSPS) is 14.9. The first kappa shape index (κ1) is 15.7. The number of carboxylic acids is 1. The smallest absolute Gasteiger partial charge is 0.341 e. The lowest BCUT2D eigenvalue weighted by Crippen LogP contribution is -2.07. The van der Waals surface area contributed by atoms with Gasteiger partial charge < -0.3 is 14.9 Å². The molecule has 0 radical (unpaired) electrons. The minimum absolute atomic E-state index is 0.357. The van der Waals surface area contributed by atoms with E-state index in [1.807, 2.05) is 30.4 Å². The van der Waals surface area contributed by atoms with Crippen LogP contribution < -0.4 is 0 Å². The standard InChI is InChI=1S/C16H18O4S/c1-11(17)10-21-15-8-4-6-12-13(15)5-2-3-7-14(12)20-9-16(18)19/h2-4,6-8,11,17H,5,9-10H2,1H3,(H,18,19). The number of benzene rings is 1. The summed E-state index contributed by atoms with van der Waals surface area (Å²) < 4.78 is 5.38. The number of hydrogen-bond donors (Lipinski definition) is 2.